The van der Waals surface area contributed by atoms with Gasteiger partial charge in [0.1, 0.15) is 5.15 Å². The number of aromatic nitrogens is 3. The second-order valence-electron chi connectivity index (χ2n) is 4.85. The van der Waals surface area contributed by atoms with E-state index < -0.39 is 10.9 Å². The van der Waals surface area contributed by atoms with E-state index in [1.807, 2.05) is 0 Å². The predicted octanol–water partition coefficient (Wildman–Crippen LogP) is 3.70. The standard InChI is InChI=1S/C15H8Cl2N4O5/c16-10-5-6-11(17)18-13(10)15(22)25-7-12-19-20-14(26-12)8-1-3-9(4-2-8)21(23)24/h1-6H,7H2. The van der Waals surface area contributed by atoms with Crippen LogP contribution in [0.5, 0.6) is 0 Å². The van der Waals surface area contributed by atoms with Crippen molar-refractivity contribution in [3.8, 4) is 11.5 Å². The van der Waals surface area contributed by atoms with Crippen LogP contribution in [0.1, 0.15) is 16.4 Å². The molecule has 0 spiro atoms. The number of nitro groups is 1. The van der Waals surface area contributed by atoms with Crippen LogP contribution in [0.15, 0.2) is 40.8 Å². The number of rotatable bonds is 5. The summed E-state index contributed by atoms with van der Waals surface area (Å²) in [5.41, 5.74) is 0.294. The minimum absolute atomic E-state index is 0.0323. The fraction of sp³-hybridized carbons (Fsp3) is 0.0667. The van der Waals surface area contributed by atoms with E-state index in [4.69, 9.17) is 32.4 Å². The third kappa shape index (κ3) is 3.95. The monoisotopic (exact) mass is 394 g/mol. The van der Waals surface area contributed by atoms with Gasteiger partial charge in [0.25, 0.3) is 11.6 Å². The molecule has 3 aromatic rings. The summed E-state index contributed by atoms with van der Waals surface area (Å²) >= 11 is 11.6. The van der Waals surface area contributed by atoms with Crippen molar-refractivity contribution < 1.29 is 18.9 Å². The molecule has 132 valence electrons. The highest BCUT2D eigenvalue weighted by Crippen LogP contribution is 2.22. The Morgan fingerprint density at radius 3 is 2.58 bits per heavy atom. The van der Waals surface area contributed by atoms with Crippen molar-refractivity contribution in [1.29, 1.82) is 0 Å². The number of non-ortho nitro benzene ring substituents is 1. The molecule has 0 fully saturated rings. The molecule has 9 nitrogen and oxygen atoms in total. The van der Waals surface area contributed by atoms with E-state index in [0.717, 1.165) is 0 Å². The van der Waals surface area contributed by atoms with E-state index in [2.05, 4.69) is 15.2 Å². The summed E-state index contributed by atoms with van der Waals surface area (Å²) in [6, 6.07) is 8.42. The molecule has 0 bridgehead atoms. The van der Waals surface area contributed by atoms with Crippen LogP contribution in [0.4, 0.5) is 5.69 Å². The Bertz CT molecular complexity index is 974. The first-order valence-electron chi connectivity index (χ1n) is 7.00. The van der Waals surface area contributed by atoms with Gasteiger partial charge >= 0.3 is 5.97 Å². The first-order valence-corrected chi connectivity index (χ1v) is 7.76. The second kappa shape index (κ2) is 7.46. The minimum atomic E-state index is -0.799. The van der Waals surface area contributed by atoms with Crippen LogP contribution in [0, 0.1) is 10.1 Å². The molecular weight excluding hydrogens is 387 g/mol. The molecule has 2 aromatic heterocycles. The first-order chi connectivity index (χ1) is 12.4. The van der Waals surface area contributed by atoms with Crippen LogP contribution in [0.25, 0.3) is 11.5 Å². The molecule has 0 N–H and O–H groups in total. The number of esters is 1. The summed E-state index contributed by atoms with van der Waals surface area (Å²) in [4.78, 5) is 25.9. The molecule has 0 saturated heterocycles. The fourth-order valence-electron chi connectivity index (χ4n) is 1.91. The molecule has 26 heavy (non-hydrogen) atoms. The summed E-state index contributed by atoms with van der Waals surface area (Å²) < 4.78 is 10.4. The smallest absolute Gasteiger partial charge is 0.359 e. The molecule has 0 atom stereocenters. The number of benzene rings is 1. The topological polar surface area (TPSA) is 121 Å². The van der Waals surface area contributed by atoms with Crippen molar-refractivity contribution in [3.63, 3.8) is 0 Å². The Morgan fingerprint density at radius 1 is 1.15 bits per heavy atom. The molecule has 0 aliphatic heterocycles. The largest absolute Gasteiger partial charge is 0.451 e. The lowest BCUT2D eigenvalue weighted by Crippen LogP contribution is -2.08. The van der Waals surface area contributed by atoms with E-state index in [1.165, 1.54) is 36.4 Å². The van der Waals surface area contributed by atoms with E-state index in [-0.39, 0.29) is 39.9 Å². The highest BCUT2D eigenvalue weighted by molar-refractivity contribution is 6.34. The molecule has 0 saturated carbocycles. The van der Waals surface area contributed by atoms with E-state index >= 15 is 0 Å². The molecule has 2 heterocycles. The number of halogens is 2. The number of hydrogen-bond donors (Lipinski definition) is 0. The zero-order valence-electron chi connectivity index (χ0n) is 12.8. The SMILES string of the molecule is O=C(OCc1nnc(-c2ccc([N+](=O)[O-])cc2)o1)c1nc(Cl)ccc1Cl. The lowest BCUT2D eigenvalue weighted by Gasteiger charge is -2.03. The van der Waals surface area contributed by atoms with Crippen molar-refractivity contribution in [2.75, 3.05) is 0 Å². The number of nitrogens with zero attached hydrogens (tertiary/aromatic N) is 4. The zero-order valence-corrected chi connectivity index (χ0v) is 14.3. The van der Waals surface area contributed by atoms with Crippen molar-refractivity contribution >= 4 is 34.9 Å². The van der Waals surface area contributed by atoms with Crippen molar-refractivity contribution in [2.24, 2.45) is 0 Å². The van der Waals surface area contributed by atoms with Gasteiger partial charge in [-0.25, -0.2) is 9.78 Å². The fourth-order valence-corrected chi connectivity index (χ4v) is 2.24. The van der Waals surface area contributed by atoms with Crippen molar-refractivity contribution in [3.05, 3.63) is 68.3 Å². The Balaban J connectivity index is 1.68. The summed E-state index contributed by atoms with van der Waals surface area (Å²) in [6.07, 6.45) is 0. The third-order valence-corrected chi connectivity index (χ3v) is 3.64. The van der Waals surface area contributed by atoms with Crippen LogP contribution in [-0.2, 0) is 11.3 Å². The number of nitro benzene ring substituents is 1. The van der Waals surface area contributed by atoms with Crippen molar-refractivity contribution in [1.82, 2.24) is 15.2 Å². The molecule has 0 amide bonds. The maximum absolute atomic E-state index is 12.0. The summed E-state index contributed by atoms with van der Waals surface area (Å²) in [5, 5.41) is 18.4. The molecule has 1 aromatic carbocycles. The summed E-state index contributed by atoms with van der Waals surface area (Å²) in [5.74, 6) is -0.637. The number of carbonyl (C=O) groups excluding carboxylic acids is 1. The van der Waals surface area contributed by atoms with E-state index in [9.17, 15) is 14.9 Å². The third-order valence-electron chi connectivity index (χ3n) is 3.12. The Kier molecular flexibility index (Phi) is 5.10. The van der Waals surface area contributed by atoms with Gasteiger partial charge in [0.2, 0.25) is 5.89 Å². The van der Waals surface area contributed by atoms with Gasteiger partial charge in [-0.1, -0.05) is 23.2 Å². The lowest BCUT2D eigenvalue weighted by atomic mass is 10.2. The van der Waals surface area contributed by atoms with Crippen LogP contribution in [0.2, 0.25) is 10.2 Å². The molecule has 0 unspecified atom stereocenters. The van der Waals surface area contributed by atoms with Gasteiger partial charge in [0.15, 0.2) is 12.3 Å². The highest BCUT2D eigenvalue weighted by Gasteiger charge is 2.17. The van der Waals surface area contributed by atoms with Gasteiger partial charge in [0.05, 0.1) is 9.95 Å². The van der Waals surface area contributed by atoms with Crippen LogP contribution in [0.3, 0.4) is 0 Å². The number of pyridine rings is 1. The van der Waals surface area contributed by atoms with Gasteiger partial charge < -0.3 is 9.15 Å². The van der Waals surface area contributed by atoms with Crippen molar-refractivity contribution in [2.45, 2.75) is 6.61 Å². The van der Waals surface area contributed by atoms with Gasteiger partial charge in [-0.3, -0.25) is 10.1 Å². The molecule has 3 rings (SSSR count). The highest BCUT2D eigenvalue weighted by atomic mass is 35.5. The molecule has 11 heteroatoms. The zero-order chi connectivity index (χ0) is 18.7. The number of hydrogen-bond acceptors (Lipinski definition) is 8. The predicted molar refractivity (Wildman–Crippen MR) is 89.8 cm³/mol. The maximum atomic E-state index is 12.0. The minimum Gasteiger partial charge on any atom is -0.451 e. The average molecular weight is 395 g/mol. The molecular formula is C15H8Cl2N4O5. The quantitative estimate of drug-likeness (QED) is 0.277. The number of ether oxygens (including phenoxy) is 1. The van der Waals surface area contributed by atoms with Gasteiger partial charge in [-0.15, -0.1) is 10.2 Å². The van der Waals surface area contributed by atoms with Crippen LogP contribution < -0.4 is 0 Å². The number of carbonyl (C=O) groups is 1. The molecule has 0 aliphatic rings. The van der Waals surface area contributed by atoms with Crippen LogP contribution in [-0.4, -0.2) is 26.1 Å². The maximum Gasteiger partial charge on any atom is 0.359 e. The first kappa shape index (κ1) is 17.8. The molecule has 0 aliphatic carbocycles. The van der Waals surface area contributed by atoms with Crippen LogP contribution >= 0.6 is 23.2 Å². The van der Waals surface area contributed by atoms with Gasteiger partial charge in [-0.05, 0) is 24.3 Å². The average Bonchev–Trinajstić information content (AvgIpc) is 3.11. The van der Waals surface area contributed by atoms with Gasteiger partial charge in [0, 0.05) is 17.7 Å². The molecule has 0 radical (unpaired) electrons. The Labute approximate surface area is 155 Å². The second-order valence-corrected chi connectivity index (χ2v) is 5.64. The summed E-state index contributed by atoms with van der Waals surface area (Å²) in [6.45, 7) is -0.302. The Hall–Kier alpha value is -3.04. The normalized spacial score (nSPS) is 10.5. The van der Waals surface area contributed by atoms with Gasteiger partial charge in [-0.2, -0.15) is 0 Å². The lowest BCUT2D eigenvalue weighted by molar-refractivity contribution is -0.384. The summed E-state index contributed by atoms with van der Waals surface area (Å²) in [7, 11) is 0. The van der Waals surface area contributed by atoms with E-state index in [0.29, 0.717) is 5.56 Å². The van der Waals surface area contributed by atoms with E-state index in [1.54, 1.807) is 0 Å². The Morgan fingerprint density at radius 2 is 1.88 bits per heavy atom.